The zero-order valence-corrected chi connectivity index (χ0v) is 13.8. The van der Waals surface area contributed by atoms with Gasteiger partial charge in [0.2, 0.25) is 0 Å². The molecule has 3 aromatic rings. The van der Waals surface area contributed by atoms with Gasteiger partial charge in [0.25, 0.3) is 5.91 Å². The van der Waals surface area contributed by atoms with E-state index in [1.807, 2.05) is 30.3 Å². The fourth-order valence-electron chi connectivity index (χ4n) is 2.09. The smallest absolute Gasteiger partial charge is 0.335 e. The molecule has 0 radical (unpaired) electrons. The Balaban J connectivity index is 1.83. The quantitative estimate of drug-likeness (QED) is 0.723. The molecule has 2 N–H and O–H groups in total. The molecule has 1 heterocycles. The maximum atomic E-state index is 12.3. The van der Waals surface area contributed by atoms with Crippen LogP contribution in [0.4, 0.5) is 5.13 Å². The van der Waals surface area contributed by atoms with Crippen molar-refractivity contribution in [3.8, 4) is 11.3 Å². The van der Waals surface area contributed by atoms with Crippen molar-refractivity contribution in [3.63, 3.8) is 0 Å². The summed E-state index contributed by atoms with van der Waals surface area (Å²) in [5.41, 5.74) is 1.73. The largest absolute Gasteiger partial charge is 0.478 e. The van der Waals surface area contributed by atoms with Crippen molar-refractivity contribution in [2.45, 2.75) is 0 Å². The van der Waals surface area contributed by atoms with E-state index in [0.717, 1.165) is 16.9 Å². The van der Waals surface area contributed by atoms with Crippen molar-refractivity contribution in [1.29, 1.82) is 0 Å². The highest BCUT2D eigenvalue weighted by Crippen LogP contribution is 2.35. The summed E-state index contributed by atoms with van der Waals surface area (Å²) < 4.78 is 0.468. The molecule has 1 aromatic heterocycles. The number of hydrogen-bond acceptors (Lipinski definition) is 4. The Kier molecular flexibility index (Phi) is 4.59. The van der Waals surface area contributed by atoms with Gasteiger partial charge in [0.1, 0.15) is 10.0 Å². The highest BCUT2D eigenvalue weighted by atomic mass is 35.5. The van der Waals surface area contributed by atoms with Gasteiger partial charge in [0.15, 0.2) is 5.13 Å². The molecule has 7 heteroatoms. The number of halogens is 1. The van der Waals surface area contributed by atoms with Crippen LogP contribution in [0.2, 0.25) is 4.34 Å². The number of hydrogen-bond donors (Lipinski definition) is 2. The van der Waals surface area contributed by atoms with Crippen molar-refractivity contribution >= 4 is 39.9 Å². The van der Waals surface area contributed by atoms with Gasteiger partial charge in [-0.2, -0.15) is 0 Å². The van der Waals surface area contributed by atoms with Crippen molar-refractivity contribution < 1.29 is 14.7 Å². The number of carboxylic acids is 1. The minimum Gasteiger partial charge on any atom is -0.478 e. The standard InChI is InChI=1S/C17H11ClN2O3S/c18-14-13(10-5-2-1-3-6-10)19-17(24-14)20-15(21)11-7-4-8-12(9-11)16(22)23/h1-9H,(H,22,23)(H,19,20,21). The van der Waals surface area contributed by atoms with Crippen molar-refractivity contribution in [2.24, 2.45) is 0 Å². The fraction of sp³-hybridized carbons (Fsp3) is 0. The maximum absolute atomic E-state index is 12.3. The number of nitrogens with zero attached hydrogens (tertiary/aromatic N) is 1. The molecule has 0 aliphatic rings. The average molecular weight is 359 g/mol. The number of aromatic nitrogens is 1. The molecule has 0 spiro atoms. The predicted octanol–water partition coefficient (Wildman–Crippen LogP) is 4.41. The van der Waals surface area contributed by atoms with Crippen LogP contribution in [0.3, 0.4) is 0 Å². The molecule has 3 rings (SSSR count). The van der Waals surface area contributed by atoms with E-state index in [9.17, 15) is 9.59 Å². The number of anilines is 1. The van der Waals surface area contributed by atoms with Gasteiger partial charge in [-0.05, 0) is 18.2 Å². The summed E-state index contributed by atoms with van der Waals surface area (Å²) in [6.45, 7) is 0. The fourth-order valence-corrected chi connectivity index (χ4v) is 3.17. The van der Waals surface area contributed by atoms with Gasteiger partial charge < -0.3 is 5.11 Å². The minimum atomic E-state index is -1.09. The lowest BCUT2D eigenvalue weighted by Crippen LogP contribution is -2.12. The van der Waals surface area contributed by atoms with Gasteiger partial charge in [-0.25, -0.2) is 9.78 Å². The molecule has 0 unspecified atom stereocenters. The van der Waals surface area contributed by atoms with Crippen molar-refractivity contribution in [2.75, 3.05) is 5.32 Å². The van der Waals surface area contributed by atoms with Crippen LogP contribution in [0.1, 0.15) is 20.7 Å². The van der Waals surface area contributed by atoms with E-state index in [-0.39, 0.29) is 11.1 Å². The van der Waals surface area contributed by atoms with Gasteiger partial charge in [-0.3, -0.25) is 10.1 Å². The third-order valence-corrected chi connectivity index (χ3v) is 4.39. The van der Waals surface area contributed by atoms with Gasteiger partial charge >= 0.3 is 5.97 Å². The number of nitrogens with one attached hydrogen (secondary N) is 1. The van der Waals surface area contributed by atoms with Crippen molar-refractivity contribution in [1.82, 2.24) is 4.98 Å². The highest BCUT2D eigenvalue weighted by Gasteiger charge is 2.15. The topological polar surface area (TPSA) is 79.3 Å². The minimum absolute atomic E-state index is 0.0461. The lowest BCUT2D eigenvalue weighted by Gasteiger charge is -2.02. The Bertz CT molecular complexity index is 909. The second kappa shape index (κ2) is 6.82. The lowest BCUT2D eigenvalue weighted by molar-refractivity contribution is 0.0697. The maximum Gasteiger partial charge on any atom is 0.335 e. The molecule has 2 aromatic carbocycles. The Morgan fingerprint density at radius 3 is 2.46 bits per heavy atom. The molecule has 120 valence electrons. The van der Waals surface area contributed by atoms with Crippen LogP contribution < -0.4 is 5.32 Å². The summed E-state index contributed by atoms with van der Waals surface area (Å²) in [5.74, 6) is -1.53. The zero-order chi connectivity index (χ0) is 17.1. The van der Waals surface area contributed by atoms with Gasteiger partial charge in [0, 0.05) is 11.1 Å². The molecule has 0 saturated heterocycles. The van der Waals surface area contributed by atoms with Crippen LogP contribution in [0.25, 0.3) is 11.3 Å². The average Bonchev–Trinajstić information content (AvgIpc) is 2.96. The molecular weight excluding hydrogens is 348 g/mol. The molecule has 24 heavy (non-hydrogen) atoms. The van der Waals surface area contributed by atoms with Gasteiger partial charge in [-0.15, -0.1) is 0 Å². The molecule has 0 saturated carbocycles. The summed E-state index contributed by atoms with van der Waals surface area (Å²) >= 11 is 7.35. The molecule has 0 bridgehead atoms. The Labute approximate surface area is 146 Å². The number of aromatic carboxylic acids is 1. The molecular formula is C17H11ClN2O3S. The normalized spacial score (nSPS) is 10.4. The van der Waals surface area contributed by atoms with E-state index >= 15 is 0 Å². The third kappa shape index (κ3) is 3.45. The predicted molar refractivity (Wildman–Crippen MR) is 93.9 cm³/mol. The van der Waals surface area contributed by atoms with Crippen molar-refractivity contribution in [3.05, 3.63) is 70.1 Å². The lowest BCUT2D eigenvalue weighted by atomic mass is 10.1. The Morgan fingerprint density at radius 1 is 1.04 bits per heavy atom. The third-order valence-electron chi connectivity index (χ3n) is 3.23. The van der Waals surface area contributed by atoms with E-state index < -0.39 is 11.9 Å². The first kappa shape index (κ1) is 16.2. The van der Waals surface area contributed by atoms with Crippen LogP contribution >= 0.6 is 22.9 Å². The Morgan fingerprint density at radius 2 is 1.75 bits per heavy atom. The summed E-state index contributed by atoms with van der Waals surface area (Å²) in [4.78, 5) is 27.6. The molecule has 0 fully saturated rings. The number of thiazole rings is 1. The van der Waals surface area contributed by atoms with Gasteiger partial charge in [-0.1, -0.05) is 59.3 Å². The number of amides is 1. The summed E-state index contributed by atoms with van der Waals surface area (Å²) in [7, 11) is 0. The molecule has 0 aliphatic carbocycles. The number of carboxylic acid groups (broad SMARTS) is 1. The van der Waals surface area contributed by atoms with E-state index in [1.165, 1.54) is 24.3 Å². The second-order valence-electron chi connectivity index (χ2n) is 4.85. The monoisotopic (exact) mass is 358 g/mol. The highest BCUT2D eigenvalue weighted by molar-refractivity contribution is 7.20. The molecule has 0 atom stereocenters. The molecule has 5 nitrogen and oxygen atoms in total. The van der Waals surface area contributed by atoms with E-state index in [2.05, 4.69) is 10.3 Å². The molecule has 1 amide bonds. The molecule has 0 aliphatic heterocycles. The van der Waals surface area contributed by atoms with E-state index in [0.29, 0.717) is 15.2 Å². The van der Waals surface area contributed by atoms with Crippen LogP contribution in [0.15, 0.2) is 54.6 Å². The first-order valence-corrected chi connectivity index (χ1v) is 8.10. The van der Waals surface area contributed by atoms with Crippen LogP contribution in [-0.2, 0) is 0 Å². The SMILES string of the molecule is O=C(O)c1cccc(C(=O)Nc2nc(-c3ccccc3)c(Cl)s2)c1. The summed E-state index contributed by atoms with van der Waals surface area (Å²) in [6, 6.07) is 15.2. The first-order chi connectivity index (χ1) is 11.5. The number of benzene rings is 2. The van der Waals surface area contributed by atoms with Gasteiger partial charge in [0.05, 0.1) is 5.56 Å². The van der Waals surface area contributed by atoms with Crippen LogP contribution in [-0.4, -0.2) is 22.0 Å². The van der Waals surface area contributed by atoms with Crippen LogP contribution in [0, 0.1) is 0 Å². The zero-order valence-electron chi connectivity index (χ0n) is 12.2. The summed E-state index contributed by atoms with van der Waals surface area (Å²) in [6.07, 6.45) is 0. The summed E-state index contributed by atoms with van der Waals surface area (Å²) in [5, 5.41) is 12.0. The van der Waals surface area contributed by atoms with E-state index in [4.69, 9.17) is 16.7 Å². The first-order valence-electron chi connectivity index (χ1n) is 6.91. The second-order valence-corrected chi connectivity index (χ2v) is 6.45. The van der Waals surface area contributed by atoms with E-state index in [1.54, 1.807) is 0 Å². The Hall–Kier alpha value is -2.70. The van der Waals surface area contributed by atoms with Crippen LogP contribution in [0.5, 0.6) is 0 Å². The number of carbonyl (C=O) groups excluding carboxylic acids is 1. The number of carbonyl (C=O) groups is 2. The number of rotatable bonds is 4.